The van der Waals surface area contributed by atoms with Crippen molar-refractivity contribution in [2.45, 2.75) is 39.0 Å². The first-order valence-corrected chi connectivity index (χ1v) is 9.77. The van der Waals surface area contributed by atoms with Crippen LogP contribution in [0.15, 0.2) is 78.9 Å². The first-order valence-electron chi connectivity index (χ1n) is 9.77. The lowest BCUT2D eigenvalue weighted by Crippen LogP contribution is -1.99. The third kappa shape index (κ3) is 4.76. The highest BCUT2D eigenvalue weighted by Gasteiger charge is 2.11. The third-order valence-electron chi connectivity index (χ3n) is 4.69. The molecule has 0 heterocycles. The van der Waals surface area contributed by atoms with E-state index in [1.807, 2.05) is 0 Å². The van der Waals surface area contributed by atoms with Crippen LogP contribution in [0.1, 0.15) is 39.0 Å². The van der Waals surface area contributed by atoms with Gasteiger partial charge in [0.05, 0.1) is 6.61 Å². The van der Waals surface area contributed by atoms with Gasteiger partial charge in [-0.1, -0.05) is 105 Å². The number of rotatable bonds is 9. The van der Waals surface area contributed by atoms with Crippen molar-refractivity contribution in [1.29, 1.82) is 0 Å². The maximum atomic E-state index is 6.16. The predicted octanol–water partition coefficient (Wildman–Crippen LogP) is 7.37. The second kappa shape index (κ2) is 9.82. The van der Waals surface area contributed by atoms with Crippen LogP contribution < -0.4 is 4.74 Å². The van der Waals surface area contributed by atoms with Crippen LogP contribution in [0, 0.1) is 0 Å². The Bertz CT molecular complexity index is 792. The molecule has 0 aliphatic heterocycles. The second-order valence-corrected chi connectivity index (χ2v) is 6.67. The van der Waals surface area contributed by atoms with Crippen LogP contribution in [0.5, 0.6) is 5.75 Å². The van der Waals surface area contributed by atoms with E-state index in [0.717, 1.165) is 18.8 Å². The molecule has 0 N–H and O–H groups in total. The monoisotopic (exact) mass is 344 g/mol. The predicted molar refractivity (Wildman–Crippen MR) is 112 cm³/mol. The summed E-state index contributed by atoms with van der Waals surface area (Å²) in [5, 5.41) is 0. The third-order valence-corrected chi connectivity index (χ3v) is 4.69. The fourth-order valence-electron chi connectivity index (χ4n) is 3.29. The summed E-state index contributed by atoms with van der Waals surface area (Å²) in [6.07, 6.45) is 6.27. The van der Waals surface area contributed by atoms with Gasteiger partial charge in [-0.3, -0.25) is 0 Å². The molecule has 0 aromatic heterocycles. The van der Waals surface area contributed by atoms with Gasteiger partial charge in [-0.25, -0.2) is 0 Å². The van der Waals surface area contributed by atoms with Gasteiger partial charge in [0.2, 0.25) is 0 Å². The summed E-state index contributed by atoms with van der Waals surface area (Å²) >= 11 is 0. The van der Waals surface area contributed by atoms with Gasteiger partial charge < -0.3 is 4.74 Å². The smallest absolute Gasteiger partial charge is 0.127 e. The fourth-order valence-corrected chi connectivity index (χ4v) is 3.29. The molecule has 1 nitrogen and oxygen atoms in total. The quantitative estimate of drug-likeness (QED) is 0.368. The number of para-hydroxylation sites is 1. The Morgan fingerprint density at radius 2 is 1.19 bits per heavy atom. The fraction of sp³-hybridized carbons (Fsp3) is 0.280. The molecule has 0 saturated heterocycles. The number of hydrogen-bond donors (Lipinski definition) is 0. The van der Waals surface area contributed by atoms with Crippen molar-refractivity contribution in [1.82, 2.24) is 0 Å². The molecule has 26 heavy (non-hydrogen) atoms. The zero-order chi connectivity index (χ0) is 18.0. The van der Waals surface area contributed by atoms with Crippen molar-refractivity contribution >= 4 is 0 Å². The molecule has 0 radical (unpaired) electrons. The molecule has 0 bridgehead atoms. The first kappa shape index (κ1) is 18.3. The highest BCUT2D eigenvalue weighted by Crippen LogP contribution is 2.37. The molecular formula is C25H28O. The Morgan fingerprint density at radius 1 is 0.577 bits per heavy atom. The SMILES string of the molecule is CCCCCCCOc1ccccc1-c1ccccc1-c1ccccc1. The Morgan fingerprint density at radius 3 is 1.96 bits per heavy atom. The molecule has 134 valence electrons. The van der Waals surface area contributed by atoms with Crippen LogP contribution in [0.4, 0.5) is 0 Å². The van der Waals surface area contributed by atoms with Gasteiger partial charge in [-0.15, -0.1) is 0 Å². The summed E-state index contributed by atoms with van der Waals surface area (Å²) in [6, 6.07) is 27.5. The van der Waals surface area contributed by atoms with Crippen LogP contribution in [-0.2, 0) is 0 Å². The Balaban J connectivity index is 1.80. The van der Waals surface area contributed by atoms with E-state index in [9.17, 15) is 0 Å². The molecule has 0 aliphatic rings. The van der Waals surface area contributed by atoms with E-state index in [1.54, 1.807) is 0 Å². The molecule has 0 aliphatic carbocycles. The average molecular weight is 344 g/mol. The van der Waals surface area contributed by atoms with Crippen molar-refractivity contribution in [2.24, 2.45) is 0 Å². The van der Waals surface area contributed by atoms with E-state index in [-0.39, 0.29) is 0 Å². The summed E-state index contributed by atoms with van der Waals surface area (Å²) < 4.78 is 6.16. The van der Waals surface area contributed by atoms with E-state index in [2.05, 4.69) is 85.8 Å². The minimum Gasteiger partial charge on any atom is -0.493 e. The summed E-state index contributed by atoms with van der Waals surface area (Å²) in [6.45, 7) is 3.03. The highest BCUT2D eigenvalue weighted by atomic mass is 16.5. The highest BCUT2D eigenvalue weighted by molar-refractivity contribution is 5.85. The molecule has 0 unspecified atom stereocenters. The molecule has 3 rings (SSSR count). The Kier molecular flexibility index (Phi) is 6.89. The van der Waals surface area contributed by atoms with Gasteiger partial charge in [-0.2, -0.15) is 0 Å². The van der Waals surface area contributed by atoms with Gasteiger partial charge in [-0.05, 0) is 29.2 Å². The van der Waals surface area contributed by atoms with Crippen molar-refractivity contribution in [3.8, 4) is 28.0 Å². The summed E-state index contributed by atoms with van der Waals surface area (Å²) in [5.74, 6) is 0.978. The van der Waals surface area contributed by atoms with E-state index >= 15 is 0 Å². The van der Waals surface area contributed by atoms with Crippen LogP contribution in [-0.4, -0.2) is 6.61 Å². The zero-order valence-electron chi connectivity index (χ0n) is 15.7. The number of hydrogen-bond acceptors (Lipinski definition) is 1. The molecule has 3 aromatic carbocycles. The van der Waals surface area contributed by atoms with Gasteiger partial charge >= 0.3 is 0 Å². The maximum absolute atomic E-state index is 6.16. The lowest BCUT2D eigenvalue weighted by Gasteiger charge is -2.15. The number of unbranched alkanes of at least 4 members (excludes halogenated alkanes) is 4. The minimum atomic E-state index is 0.786. The largest absolute Gasteiger partial charge is 0.493 e. The number of benzene rings is 3. The molecule has 3 aromatic rings. The topological polar surface area (TPSA) is 9.23 Å². The van der Waals surface area contributed by atoms with E-state index < -0.39 is 0 Å². The van der Waals surface area contributed by atoms with Gasteiger partial charge in [0.25, 0.3) is 0 Å². The first-order chi connectivity index (χ1) is 12.9. The molecule has 0 spiro atoms. The summed E-state index contributed by atoms with van der Waals surface area (Å²) in [7, 11) is 0. The average Bonchev–Trinajstić information content (AvgIpc) is 2.71. The minimum absolute atomic E-state index is 0.786. The standard InChI is InChI=1S/C25H28O/c1-2-3-4-5-13-20-26-25-19-12-11-18-24(25)23-17-10-9-16-22(23)21-14-7-6-8-15-21/h6-12,14-19H,2-5,13,20H2,1H3. The van der Waals surface area contributed by atoms with Crippen LogP contribution >= 0.6 is 0 Å². The van der Waals surface area contributed by atoms with Crippen molar-refractivity contribution in [3.05, 3.63) is 78.9 Å². The Hall–Kier alpha value is -2.54. The van der Waals surface area contributed by atoms with Crippen LogP contribution in [0.25, 0.3) is 22.3 Å². The molecule has 0 saturated carbocycles. The maximum Gasteiger partial charge on any atom is 0.127 e. The van der Waals surface area contributed by atoms with E-state index in [0.29, 0.717) is 0 Å². The summed E-state index contributed by atoms with van der Waals surface area (Å²) in [4.78, 5) is 0. The lowest BCUT2D eigenvalue weighted by atomic mass is 9.94. The molecule has 0 atom stereocenters. The Labute approximate surface area is 157 Å². The van der Waals surface area contributed by atoms with Crippen molar-refractivity contribution in [3.63, 3.8) is 0 Å². The number of ether oxygens (including phenoxy) is 1. The molecule has 0 amide bonds. The van der Waals surface area contributed by atoms with E-state index in [1.165, 1.54) is 47.9 Å². The zero-order valence-corrected chi connectivity index (χ0v) is 15.7. The van der Waals surface area contributed by atoms with Crippen molar-refractivity contribution in [2.75, 3.05) is 6.61 Å². The van der Waals surface area contributed by atoms with Gasteiger partial charge in [0.1, 0.15) is 5.75 Å². The summed E-state index contributed by atoms with van der Waals surface area (Å²) in [5.41, 5.74) is 4.87. The molecule has 1 heteroatoms. The normalized spacial score (nSPS) is 10.7. The van der Waals surface area contributed by atoms with Crippen molar-refractivity contribution < 1.29 is 4.74 Å². The van der Waals surface area contributed by atoms with E-state index in [4.69, 9.17) is 4.74 Å². The lowest BCUT2D eigenvalue weighted by molar-refractivity contribution is 0.306. The van der Waals surface area contributed by atoms with Crippen LogP contribution in [0.2, 0.25) is 0 Å². The van der Waals surface area contributed by atoms with Gasteiger partial charge in [0, 0.05) is 5.56 Å². The second-order valence-electron chi connectivity index (χ2n) is 6.67. The molecular weight excluding hydrogens is 316 g/mol. The van der Waals surface area contributed by atoms with Crippen LogP contribution in [0.3, 0.4) is 0 Å². The molecule has 0 fully saturated rings. The van der Waals surface area contributed by atoms with Gasteiger partial charge in [0.15, 0.2) is 0 Å².